The van der Waals surface area contributed by atoms with Gasteiger partial charge >= 0.3 is 0 Å². The molecule has 0 amide bonds. The van der Waals surface area contributed by atoms with Crippen molar-refractivity contribution in [3.05, 3.63) is 57.8 Å². The first kappa shape index (κ1) is 12.3. The summed E-state index contributed by atoms with van der Waals surface area (Å²) in [5.41, 5.74) is 0.650. The van der Waals surface area contributed by atoms with Gasteiger partial charge in [0.2, 0.25) is 0 Å². The molecule has 2 aromatic rings. The van der Waals surface area contributed by atoms with Gasteiger partial charge in [-0.1, -0.05) is 29.3 Å². The van der Waals surface area contributed by atoms with Crippen LogP contribution in [0.15, 0.2) is 30.3 Å². The largest absolute Gasteiger partial charge is 0.204 e. The van der Waals surface area contributed by atoms with Crippen molar-refractivity contribution >= 4 is 23.2 Å². The predicted octanol–water partition coefficient (Wildman–Crippen LogP) is 5.08. The normalized spacial score (nSPS) is 10.6. The van der Waals surface area contributed by atoms with Crippen LogP contribution in [0.2, 0.25) is 10.0 Å². The zero-order chi connectivity index (χ0) is 12.6. The van der Waals surface area contributed by atoms with E-state index in [-0.39, 0.29) is 10.6 Å². The molecule has 0 bridgehead atoms. The maximum absolute atomic E-state index is 13.0. The number of benzene rings is 2. The Bertz CT molecular complexity index is 559. The van der Waals surface area contributed by atoms with Crippen LogP contribution in [0.3, 0.4) is 0 Å². The first-order valence-electron chi connectivity index (χ1n) is 4.59. The van der Waals surface area contributed by atoms with Gasteiger partial charge in [0.1, 0.15) is 0 Å². The highest BCUT2D eigenvalue weighted by Gasteiger charge is 2.12. The van der Waals surface area contributed by atoms with E-state index in [0.29, 0.717) is 10.6 Å². The van der Waals surface area contributed by atoms with Crippen molar-refractivity contribution in [2.24, 2.45) is 0 Å². The van der Waals surface area contributed by atoms with Crippen molar-refractivity contribution in [3.63, 3.8) is 0 Å². The summed E-state index contributed by atoms with van der Waals surface area (Å²) in [5, 5.41) is 0.591. The minimum absolute atomic E-state index is 0.194. The molecule has 0 radical (unpaired) electrons. The lowest BCUT2D eigenvalue weighted by Crippen LogP contribution is -1.91. The number of hydrogen-bond donors (Lipinski definition) is 0. The van der Waals surface area contributed by atoms with Gasteiger partial charge in [-0.2, -0.15) is 0 Å². The van der Waals surface area contributed by atoms with E-state index in [1.807, 2.05) is 0 Å². The highest BCUT2D eigenvalue weighted by molar-refractivity contribution is 6.42. The van der Waals surface area contributed by atoms with E-state index in [2.05, 4.69) is 0 Å². The van der Waals surface area contributed by atoms with Gasteiger partial charge in [-0.05, 0) is 35.4 Å². The summed E-state index contributed by atoms with van der Waals surface area (Å²) < 4.78 is 38.8. The quantitative estimate of drug-likeness (QED) is 0.638. The summed E-state index contributed by atoms with van der Waals surface area (Å²) in [4.78, 5) is 0. The number of rotatable bonds is 1. The summed E-state index contributed by atoms with van der Waals surface area (Å²) in [6.45, 7) is 0. The molecule has 0 atom stereocenters. The molecule has 0 spiro atoms. The molecule has 2 rings (SSSR count). The Morgan fingerprint density at radius 1 is 0.706 bits per heavy atom. The molecular weight excluding hydrogens is 272 g/mol. The Kier molecular flexibility index (Phi) is 3.31. The van der Waals surface area contributed by atoms with Crippen molar-refractivity contribution < 1.29 is 13.2 Å². The fourth-order valence-electron chi connectivity index (χ4n) is 1.40. The van der Waals surface area contributed by atoms with Gasteiger partial charge in [0.05, 0.1) is 10.0 Å². The van der Waals surface area contributed by atoms with Crippen molar-refractivity contribution in [1.29, 1.82) is 0 Å². The standard InChI is InChI=1S/C12H5Cl2F3/c13-8-2-1-6(3-9(8)14)7-4-10(15)12(17)11(16)5-7/h1-5H. The van der Waals surface area contributed by atoms with Gasteiger partial charge in [0.25, 0.3) is 0 Å². The van der Waals surface area contributed by atoms with Gasteiger partial charge in [-0.15, -0.1) is 0 Å². The predicted molar refractivity (Wildman–Crippen MR) is 61.8 cm³/mol. The average molecular weight is 277 g/mol. The third-order valence-electron chi connectivity index (χ3n) is 2.24. The Morgan fingerprint density at radius 2 is 1.29 bits per heavy atom. The second kappa shape index (κ2) is 4.59. The monoisotopic (exact) mass is 276 g/mol. The molecule has 0 N–H and O–H groups in total. The summed E-state index contributed by atoms with van der Waals surface area (Å²) in [6.07, 6.45) is 0. The molecule has 5 heteroatoms. The molecule has 0 aliphatic heterocycles. The van der Waals surface area contributed by atoms with Crippen LogP contribution >= 0.6 is 23.2 Å². The molecule has 0 aromatic heterocycles. The maximum Gasteiger partial charge on any atom is 0.194 e. The van der Waals surface area contributed by atoms with E-state index >= 15 is 0 Å². The minimum atomic E-state index is -1.49. The molecule has 2 aromatic carbocycles. The van der Waals surface area contributed by atoms with Crippen LogP contribution in [-0.4, -0.2) is 0 Å². The molecule has 17 heavy (non-hydrogen) atoms. The van der Waals surface area contributed by atoms with E-state index in [1.54, 1.807) is 6.07 Å². The molecular formula is C12H5Cl2F3. The van der Waals surface area contributed by atoms with Gasteiger partial charge in [-0.3, -0.25) is 0 Å². The molecule has 0 aliphatic rings. The Morgan fingerprint density at radius 3 is 1.82 bits per heavy atom. The van der Waals surface area contributed by atoms with E-state index < -0.39 is 17.5 Å². The van der Waals surface area contributed by atoms with E-state index in [9.17, 15) is 13.2 Å². The SMILES string of the molecule is Fc1cc(-c2ccc(Cl)c(Cl)c2)cc(F)c1F. The summed E-state index contributed by atoms with van der Waals surface area (Å²) in [5.74, 6) is -3.98. The molecule has 0 unspecified atom stereocenters. The third-order valence-corrected chi connectivity index (χ3v) is 2.98. The van der Waals surface area contributed by atoms with Gasteiger partial charge in [0, 0.05) is 0 Å². The lowest BCUT2D eigenvalue weighted by molar-refractivity contribution is 0.448. The van der Waals surface area contributed by atoms with Crippen LogP contribution in [0, 0.1) is 17.5 Å². The van der Waals surface area contributed by atoms with Gasteiger partial charge in [0.15, 0.2) is 17.5 Å². The molecule has 0 aliphatic carbocycles. The number of hydrogen-bond acceptors (Lipinski definition) is 0. The van der Waals surface area contributed by atoms with E-state index in [1.165, 1.54) is 12.1 Å². The fourth-order valence-corrected chi connectivity index (χ4v) is 1.70. The topological polar surface area (TPSA) is 0 Å². The molecule has 0 fully saturated rings. The van der Waals surface area contributed by atoms with Crippen LogP contribution < -0.4 is 0 Å². The number of halogens is 5. The summed E-state index contributed by atoms with van der Waals surface area (Å²) >= 11 is 11.5. The van der Waals surface area contributed by atoms with Crippen molar-refractivity contribution in [3.8, 4) is 11.1 Å². The molecule has 0 heterocycles. The lowest BCUT2D eigenvalue weighted by atomic mass is 10.1. The van der Waals surface area contributed by atoms with Crippen LogP contribution in [-0.2, 0) is 0 Å². The third kappa shape index (κ3) is 2.40. The molecule has 0 nitrogen and oxygen atoms in total. The van der Waals surface area contributed by atoms with Crippen LogP contribution in [0.5, 0.6) is 0 Å². The van der Waals surface area contributed by atoms with E-state index in [4.69, 9.17) is 23.2 Å². The summed E-state index contributed by atoms with van der Waals surface area (Å²) in [6, 6.07) is 6.30. The Balaban J connectivity index is 2.57. The average Bonchev–Trinajstić information content (AvgIpc) is 2.29. The highest BCUT2D eigenvalue weighted by atomic mass is 35.5. The first-order valence-corrected chi connectivity index (χ1v) is 5.34. The highest BCUT2D eigenvalue weighted by Crippen LogP contribution is 2.29. The van der Waals surface area contributed by atoms with E-state index in [0.717, 1.165) is 12.1 Å². The van der Waals surface area contributed by atoms with Crippen molar-refractivity contribution in [1.82, 2.24) is 0 Å². The van der Waals surface area contributed by atoms with Gasteiger partial charge in [-0.25, -0.2) is 13.2 Å². The zero-order valence-corrected chi connectivity index (χ0v) is 9.79. The van der Waals surface area contributed by atoms with Crippen LogP contribution in [0.1, 0.15) is 0 Å². The van der Waals surface area contributed by atoms with Crippen molar-refractivity contribution in [2.45, 2.75) is 0 Å². The first-order chi connectivity index (χ1) is 7.99. The Labute approximate surface area is 106 Å². The maximum atomic E-state index is 13.0. The second-order valence-electron chi connectivity index (χ2n) is 3.38. The zero-order valence-electron chi connectivity index (χ0n) is 8.28. The lowest BCUT2D eigenvalue weighted by Gasteiger charge is -2.05. The fraction of sp³-hybridized carbons (Fsp3) is 0. The molecule has 88 valence electrons. The molecule has 0 saturated carbocycles. The second-order valence-corrected chi connectivity index (χ2v) is 4.20. The Hall–Kier alpha value is -1.19. The minimum Gasteiger partial charge on any atom is -0.204 e. The smallest absolute Gasteiger partial charge is 0.194 e. The van der Waals surface area contributed by atoms with Crippen LogP contribution in [0.25, 0.3) is 11.1 Å². The summed E-state index contributed by atoms with van der Waals surface area (Å²) in [7, 11) is 0. The molecule has 0 saturated heterocycles. The van der Waals surface area contributed by atoms with Crippen molar-refractivity contribution in [2.75, 3.05) is 0 Å². The van der Waals surface area contributed by atoms with Gasteiger partial charge < -0.3 is 0 Å². The van der Waals surface area contributed by atoms with Crippen LogP contribution in [0.4, 0.5) is 13.2 Å².